The van der Waals surface area contributed by atoms with Crippen molar-refractivity contribution >= 4 is 16.0 Å². The average Bonchev–Trinajstić information content (AvgIpc) is 3.06. The number of hydrogen-bond acceptors (Lipinski definition) is 5. The van der Waals surface area contributed by atoms with Gasteiger partial charge in [-0.05, 0) is 56.7 Å². The van der Waals surface area contributed by atoms with Crippen LogP contribution in [0.3, 0.4) is 0 Å². The average molecular weight is 387 g/mol. The predicted octanol–water partition coefficient (Wildman–Crippen LogP) is 3.08. The number of ether oxygens (including phenoxy) is 2. The van der Waals surface area contributed by atoms with Gasteiger partial charge in [-0.3, -0.25) is 4.79 Å². The van der Waals surface area contributed by atoms with E-state index in [2.05, 4.69) is 4.72 Å². The Kier molecular flexibility index (Phi) is 7.40. The monoisotopic (exact) mass is 387 g/mol. The zero-order valence-corrected chi connectivity index (χ0v) is 16.0. The molecule has 1 atom stereocenters. The van der Waals surface area contributed by atoms with Gasteiger partial charge in [0, 0.05) is 13.0 Å². The Morgan fingerprint density at radius 3 is 2.69 bits per heavy atom. The van der Waals surface area contributed by atoms with Crippen molar-refractivity contribution in [3.05, 3.63) is 29.6 Å². The normalized spacial score (nSPS) is 16.4. The van der Waals surface area contributed by atoms with Crippen molar-refractivity contribution in [2.75, 3.05) is 12.4 Å². The Labute approximate surface area is 154 Å². The molecule has 146 valence electrons. The molecule has 0 radical (unpaired) electrons. The molecule has 8 heteroatoms. The van der Waals surface area contributed by atoms with Crippen LogP contribution in [0.2, 0.25) is 0 Å². The van der Waals surface area contributed by atoms with E-state index in [9.17, 15) is 17.6 Å². The summed E-state index contributed by atoms with van der Waals surface area (Å²) in [4.78, 5) is 10.7. The lowest BCUT2D eigenvalue weighted by Gasteiger charge is -2.18. The number of hydrogen-bond donors (Lipinski definition) is 1. The molecule has 1 N–H and O–H groups in total. The predicted molar refractivity (Wildman–Crippen MR) is 95.9 cm³/mol. The number of halogens is 1. The Morgan fingerprint density at radius 1 is 1.35 bits per heavy atom. The maximum Gasteiger partial charge on any atom is 0.302 e. The summed E-state index contributed by atoms with van der Waals surface area (Å²) in [6, 6.07) is 3.87. The van der Waals surface area contributed by atoms with E-state index in [1.807, 2.05) is 0 Å². The molecule has 1 aliphatic rings. The summed E-state index contributed by atoms with van der Waals surface area (Å²) >= 11 is 0. The van der Waals surface area contributed by atoms with Gasteiger partial charge in [0.2, 0.25) is 10.0 Å². The third kappa shape index (κ3) is 6.57. The van der Waals surface area contributed by atoms with E-state index in [-0.39, 0.29) is 30.6 Å². The summed E-state index contributed by atoms with van der Waals surface area (Å²) in [5.41, 5.74) is 0.628. The molecular weight excluding hydrogens is 361 g/mol. The number of carbonyl (C=O) groups excluding carboxylic acids is 1. The van der Waals surface area contributed by atoms with E-state index in [1.54, 1.807) is 19.1 Å². The molecule has 26 heavy (non-hydrogen) atoms. The summed E-state index contributed by atoms with van der Waals surface area (Å²) in [5.74, 6) is -0.880. The maximum absolute atomic E-state index is 14.0. The van der Waals surface area contributed by atoms with Crippen molar-refractivity contribution in [1.29, 1.82) is 0 Å². The smallest absolute Gasteiger partial charge is 0.302 e. The van der Waals surface area contributed by atoms with Gasteiger partial charge >= 0.3 is 5.97 Å². The van der Waals surface area contributed by atoms with Crippen LogP contribution in [-0.4, -0.2) is 32.9 Å². The topological polar surface area (TPSA) is 81.7 Å². The zero-order chi connectivity index (χ0) is 19.2. The summed E-state index contributed by atoms with van der Waals surface area (Å²) in [7, 11) is -3.55. The minimum atomic E-state index is -3.55. The molecule has 0 amide bonds. The number of benzene rings is 1. The number of sulfonamides is 1. The van der Waals surface area contributed by atoms with Gasteiger partial charge < -0.3 is 9.47 Å². The van der Waals surface area contributed by atoms with Gasteiger partial charge in [0.15, 0.2) is 11.6 Å². The minimum Gasteiger partial charge on any atom is -0.487 e. The number of nitrogens with one attached hydrogen (secondary N) is 1. The van der Waals surface area contributed by atoms with Gasteiger partial charge in [-0.2, -0.15) is 0 Å². The molecule has 1 aliphatic carbocycles. The molecule has 1 saturated carbocycles. The molecule has 6 nitrogen and oxygen atoms in total. The van der Waals surface area contributed by atoms with E-state index in [1.165, 1.54) is 13.0 Å². The van der Waals surface area contributed by atoms with Gasteiger partial charge in [-0.25, -0.2) is 17.5 Å². The third-order valence-electron chi connectivity index (χ3n) is 4.27. The van der Waals surface area contributed by atoms with E-state index >= 15 is 0 Å². The van der Waals surface area contributed by atoms with Gasteiger partial charge in [0.25, 0.3) is 0 Å². The van der Waals surface area contributed by atoms with Crippen LogP contribution in [0.25, 0.3) is 0 Å². The number of carbonyl (C=O) groups is 1. The van der Waals surface area contributed by atoms with Crippen molar-refractivity contribution in [3.63, 3.8) is 0 Å². The Hall–Kier alpha value is -1.67. The maximum atomic E-state index is 14.0. The Bertz CT molecular complexity index is 716. The molecule has 0 aromatic heterocycles. The fourth-order valence-electron chi connectivity index (χ4n) is 2.93. The minimum absolute atomic E-state index is 0.0213. The summed E-state index contributed by atoms with van der Waals surface area (Å²) in [6.45, 7) is 3.02. The fraction of sp³-hybridized carbons (Fsp3) is 0.611. The Balaban J connectivity index is 1.95. The molecule has 0 heterocycles. The van der Waals surface area contributed by atoms with Gasteiger partial charge in [-0.1, -0.05) is 6.07 Å². The van der Waals surface area contributed by atoms with Gasteiger partial charge in [-0.15, -0.1) is 0 Å². The summed E-state index contributed by atoms with van der Waals surface area (Å²) in [6.07, 6.45) is 4.21. The second-order valence-corrected chi connectivity index (χ2v) is 8.44. The van der Waals surface area contributed by atoms with Crippen molar-refractivity contribution in [2.45, 2.75) is 58.1 Å². The highest BCUT2D eigenvalue weighted by Gasteiger charge is 2.20. The lowest BCUT2D eigenvalue weighted by Crippen LogP contribution is -2.29. The third-order valence-corrected chi connectivity index (χ3v) is 5.81. The van der Waals surface area contributed by atoms with Gasteiger partial charge in [0.1, 0.15) is 0 Å². The van der Waals surface area contributed by atoms with E-state index in [4.69, 9.17) is 9.47 Å². The summed E-state index contributed by atoms with van der Waals surface area (Å²) in [5, 5.41) is 0. The van der Waals surface area contributed by atoms with Crippen LogP contribution < -0.4 is 9.46 Å². The SMILES string of the molecule is CC(=O)OCCCS(=O)(=O)N[C@H](C)c1ccc(F)c(OC2CCCC2)c1. The number of rotatable bonds is 9. The Morgan fingerprint density at radius 2 is 2.04 bits per heavy atom. The molecule has 0 saturated heterocycles. The highest BCUT2D eigenvalue weighted by Crippen LogP contribution is 2.28. The largest absolute Gasteiger partial charge is 0.487 e. The van der Waals surface area contributed by atoms with Crippen molar-refractivity contribution in [3.8, 4) is 5.75 Å². The standard InChI is InChI=1S/C18H26FNO5S/c1-13(20-26(22,23)11-5-10-24-14(2)21)15-8-9-17(19)18(12-15)25-16-6-3-4-7-16/h8-9,12-13,16,20H,3-7,10-11H2,1-2H3/t13-/m1/s1. The molecule has 1 fully saturated rings. The van der Waals surface area contributed by atoms with Crippen LogP contribution >= 0.6 is 0 Å². The van der Waals surface area contributed by atoms with Crippen LogP contribution in [0, 0.1) is 5.82 Å². The summed E-state index contributed by atoms with van der Waals surface area (Å²) < 4.78 is 51.3. The number of esters is 1. The first-order valence-corrected chi connectivity index (χ1v) is 10.5. The molecule has 1 aromatic carbocycles. The van der Waals surface area contributed by atoms with Crippen LogP contribution in [-0.2, 0) is 19.6 Å². The van der Waals surface area contributed by atoms with Crippen LogP contribution in [0.5, 0.6) is 5.75 Å². The van der Waals surface area contributed by atoms with Crippen LogP contribution in [0.15, 0.2) is 18.2 Å². The van der Waals surface area contributed by atoms with E-state index in [0.717, 1.165) is 25.7 Å². The zero-order valence-electron chi connectivity index (χ0n) is 15.2. The highest BCUT2D eigenvalue weighted by atomic mass is 32.2. The molecule has 0 spiro atoms. The first kappa shape index (κ1) is 20.6. The lowest BCUT2D eigenvalue weighted by atomic mass is 10.1. The van der Waals surface area contributed by atoms with Crippen LogP contribution in [0.4, 0.5) is 4.39 Å². The molecular formula is C18H26FNO5S. The molecule has 0 aliphatic heterocycles. The van der Waals surface area contributed by atoms with Gasteiger partial charge in [0.05, 0.1) is 18.5 Å². The van der Waals surface area contributed by atoms with E-state index in [0.29, 0.717) is 5.56 Å². The van der Waals surface area contributed by atoms with Crippen molar-refractivity contribution in [1.82, 2.24) is 4.72 Å². The van der Waals surface area contributed by atoms with Crippen molar-refractivity contribution < 1.29 is 27.1 Å². The first-order valence-electron chi connectivity index (χ1n) is 8.86. The molecule has 2 rings (SSSR count). The van der Waals surface area contributed by atoms with E-state index < -0.39 is 27.9 Å². The second kappa shape index (κ2) is 9.32. The molecule has 0 bridgehead atoms. The fourth-order valence-corrected chi connectivity index (χ4v) is 4.22. The van der Waals surface area contributed by atoms with Crippen molar-refractivity contribution in [2.24, 2.45) is 0 Å². The molecule has 0 unspecified atom stereocenters. The quantitative estimate of drug-likeness (QED) is 0.520. The molecule has 1 aromatic rings. The van der Waals surface area contributed by atoms with Crippen LogP contribution in [0.1, 0.15) is 57.6 Å². The highest BCUT2D eigenvalue weighted by molar-refractivity contribution is 7.89. The second-order valence-electron chi connectivity index (χ2n) is 6.57. The lowest BCUT2D eigenvalue weighted by molar-refractivity contribution is -0.140. The first-order chi connectivity index (χ1) is 12.3.